The number of para-hydroxylation sites is 1. The topological polar surface area (TPSA) is 89.8 Å². The summed E-state index contributed by atoms with van der Waals surface area (Å²) in [5.41, 5.74) is 0.214. The third-order valence-electron chi connectivity index (χ3n) is 9.16. The molecule has 7 nitrogen and oxygen atoms in total. The van der Waals surface area contributed by atoms with Gasteiger partial charge in [0.1, 0.15) is 0 Å². The Kier molecular flexibility index (Phi) is 9.58. The summed E-state index contributed by atoms with van der Waals surface area (Å²) < 4.78 is 6.10. The Morgan fingerprint density at radius 3 is 1.75 bits per heavy atom. The van der Waals surface area contributed by atoms with Gasteiger partial charge in [-0.1, -0.05) is 0 Å². The molecule has 0 bridgehead atoms. The molecule has 242 valence electrons. The van der Waals surface area contributed by atoms with Crippen LogP contribution in [0.25, 0.3) is 0 Å². The van der Waals surface area contributed by atoms with Crippen molar-refractivity contribution in [2.45, 2.75) is 37.7 Å². The number of thiocarbonyl (C=S) groups is 1. The Balaban J connectivity index is 1.56. The third kappa shape index (κ3) is 6.17. The van der Waals surface area contributed by atoms with Gasteiger partial charge in [0.15, 0.2) is 0 Å². The molecule has 48 heavy (non-hydrogen) atoms. The van der Waals surface area contributed by atoms with Crippen molar-refractivity contribution >= 4 is 57.8 Å². The summed E-state index contributed by atoms with van der Waals surface area (Å²) in [4.78, 5) is 42.8. The Morgan fingerprint density at radius 2 is 1.27 bits per heavy atom. The normalized spacial score (nSPS) is 16.8. The number of carbonyl (C=O) groups excluding carboxylic acids is 2. The number of rotatable bonds is 12. The molecule has 5 aromatic rings. The van der Waals surface area contributed by atoms with E-state index in [-0.39, 0.29) is 30.2 Å². The zero-order chi connectivity index (χ0) is 33.7. The third-order valence-corrected chi connectivity index (χ3v) is 14.6. The van der Waals surface area contributed by atoms with Gasteiger partial charge in [-0.05, 0) is 0 Å². The number of likely N-dealkylation sites (tertiary alicyclic amines) is 1. The van der Waals surface area contributed by atoms with E-state index in [1.807, 2.05) is 128 Å². The molecule has 6 rings (SSSR count). The van der Waals surface area contributed by atoms with Gasteiger partial charge in [0.25, 0.3) is 0 Å². The fraction of sp³-hybridized carbons (Fsp3) is 0.154. The number of β-lactam (4-membered cyclic amide) rings is 1. The maximum absolute atomic E-state index is 15.0. The van der Waals surface area contributed by atoms with Gasteiger partial charge < -0.3 is 0 Å². The van der Waals surface area contributed by atoms with Crippen molar-refractivity contribution in [2.24, 2.45) is 0 Å². The van der Waals surface area contributed by atoms with E-state index in [1.54, 1.807) is 23.1 Å². The average Bonchev–Trinajstić information content (AvgIpc) is 3.12. The quantitative estimate of drug-likeness (QED) is 0.0286. The number of hydrogen-bond acceptors (Lipinski definition) is 6. The second-order valence-electron chi connectivity index (χ2n) is 12.2. The summed E-state index contributed by atoms with van der Waals surface area (Å²) in [6.07, 6.45) is 0.575. The zero-order valence-corrected chi connectivity index (χ0v) is 28.2. The second kappa shape index (κ2) is 14.0. The number of nitrogens with zero attached hydrogens (tertiary/aromatic N) is 2. The molecule has 1 saturated heterocycles. The molecule has 0 spiro atoms. The van der Waals surface area contributed by atoms with Gasteiger partial charge in [-0.2, -0.15) is 0 Å². The molecule has 1 aliphatic rings. The Hall–Kier alpha value is -5.04. The first-order valence-electron chi connectivity index (χ1n) is 15.7. The number of benzene rings is 5. The van der Waals surface area contributed by atoms with Gasteiger partial charge in [-0.3, -0.25) is 0 Å². The van der Waals surface area contributed by atoms with Crippen molar-refractivity contribution in [1.29, 1.82) is 0 Å². The van der Waals surface area contributed by atoms with Crippen molar-refractivity contribution < 1.29 is 19.2 Å². The molecular weight excluding hydrogens is 639 g/mol. The molecule has 0 aromatic heterocycles. The molecule has 2 unspecified atom stereocenters. The molecule has 9 heteroatoms. The summed E-state index contributed by atoms with van der Waals surface area (Å²) in [7, 11) is -3.53. The first-order valence-corrected chi connectivity index (χ1v) is 18.2. The van der Waals surface area contributed by atoms with Crippen LogP contribution in [0.4, 0.5) is 5.69 Å². The van der Waals surface area contributed by atoms with Gasteiger partial charge in [-0.25, -0.2) is 0 Å². The van der Waals surface area contributed by atoms with E-state index in [4.69, 9.17) is 17.0 Å². The van der Waals surface area contributed by atoms with Crippen LogP contribution >= 0.6 is 19.5 Å². The predicted octanol–water partition coefficient (Wildman–Crippen LogP) is 6.49. The van der Waals surface area contributed by atoms with Crippen molar-refractivity contribution in [3.05, 3.63) is 167 Å². The molecule has 1 fully saturated rings. The number of esters is 1. The molecule has 0 aliphatic carbocycles. The monoisotopic (exact) mass is 674 g/mol. The number of amides is 1. The average molecular weight is 675 g/mol. The minimum absolute atomic E-state index is 0.141. The first-order chi connectivity index (χ1) is 23.3. The van der Waals surface area contributed by atoms with Crippen LogP contribution in [0, 0.1) is 10.1 Å². The molecule has 1 amide bonds. The van der Waals surface area contributed by atoms with Gasteiger partial charge in [0, 0.05) is 0 Å². The van der Waals surface area contributed by atoms with E-state index in [0.717, 1.165) is 21.5 Å². The number of ether oxygens (including phenoxy) is 1. The van der Waals surface area contributed by atoms with Crippen molar-refractivity contribution in [2.75, 3.05) is 0 Å². The second-order valence-corrected chi connectivity index (χ2v) is 16.6. The molecule has 0 N–H and O–H groups in total. The van der Waals surface area contributed by atoms with Crippen LogP contribution in [0.5, 0.6) is 0 Å². The number of hydrogen-bond donors (Lipinski definition) is 0. The molecule has 1 heterocycles. The first kappa shape index (κ1) is 32.9. The summed E-state index contributed by atoms with van der Waals surface area (Å²) in [6, 6.07) is 45.5. The molecule has 0 saturated carbocycles. The van der Waals surface area contributed by atoms with Crippen LogP contribution in [0.3, 0.4) is 0 Å². The summed E-state index contributed by atoms with van der Waals surface area (Å²) in [6.45, 7) is 1.66. The fourth-order valence-electron chi connectivity index (χ4n) is 6.97. The number of nitro benzene ring substituents is 1. The fourth-order valence-corrected chi connectivity index (χ4v) is 12.8. The molecular formula is C39H35N2O5PS. The van der Waals surface area contributed by atoms with Crippen LogP contribution in [0.15, 0.2) is 146 Å². The van der Waals surface area contributed by atoms with E-state index in [1.165, 1.54) is 6.07 Å². The standard InChI is InChI=1S/C39H35N2O5PS/c1-39(26-35(48)29-16-6-2-7-17-29)27-36(42)40(39)37(38(43)46-28-30-18-14-15-25-34(30)41(44)45)47(31-19-8-3-9-20-31,32-21-10-4-11-22-32)33-23-12-5-13-24-33/h2-25,37,47H,26-28H2,1H3. The van der Waals surface area contributed by atoms with Gasteiger partial charge >= 0.3 is 286 Å². The summed E-state index contributed by atoms with van der Waals surface area (Å²) in [5, 5.41) is 14.6. The molecule has 1 aliphatic heterocycles. The number of carbonyl (C=O) groups is 2. The number of nitro groups is 1. The van der Waals surface area contributed by atoms with Crippen LogP contribution in [-0.4, -0.2) is 37.9 Å². The summed E-state index contributed by atoms with van der Waals surface area (Å²) >= 11 is 5.93. The van der Waals surface area contributed by atoms with Crippen molar-refractivity contribution in [3.63, 3.8) is 0 Å². The van der Waals surface area contributed by atoms with E-state index < -0.39 is 29.5 Å². The summed E-state index contributed by atoms with van der Waals surface area (Å²) in [5.74, 6) is -1.88. The van der Waals surface area contributed by atoms with Crippen LogP contribution in [0.1, 0.15) is 30.9 Å². The minimum atomic E-state index is -3.53. The molecule has 0 radical (unpaired) electrons. The Labute approximate surface area is 285 Å². The Morgan fingerprint density at radius 1 is 0.812 bits per heavy atom. The Bertz CT molecular complexity index is 1850. The SMILES string of the molecule is CC1(CC(=S)c2ccccc2)CC(=O)N1C(C(=O)OCc1ccccc1[N+](=O)[O-])[PH](c1ccccc1)(c1ccccc1)c1ccccc1. The van der Waals surface area contributed by atoms with E-state index in [0.29, 0.717) is 11.3 Å². The van der Waals surface area contributed by atoms with Gasteiger partial charge in [-0.15, -0.1) is 0 Å². The van der Waals surface area contributed by atoms with Crippen LogP contribution < -0.4 is 15.9 Å². The zero-order valence-electron chi connectivity index (χ0n) is 26.4. The van der Waals surface area contributed by atoms with E-state index in [9.17, 15) is 14.9 Å². The molecule has 5 aromatic carbocycles. The van der Waals surface area contributed by atoms with Crippen molar-refractivity contribution in [3.8, 4) is 0 Å². The van der Waals surface area contributed by atoms with Crippen LogP contribution in [-0.2, 0) is 20.9 Å². The predicted molar refractivity (Wildman–Crippen MR) is 196 cm³/mol. The van der Waals surface area contributed by atoms with E-state index in [2.05, 4.69) is 0 Å². The van der Waals surface area contributed by atoms with Gasteiger partial charge in [0.05, 0.1) is 0 Å². The van der Waals surface area contributed by atoms with Crippen LogP contribution in [0.2, 0.25) is 0 Å². The van der Waals surface area contributed by atoms with Gasteiger partial charge in [0.2, 0.25) is 0 Å². The molecule has 2 atom stereocenters. The van der Waals surface area contributed by atoms with E-state index >= 15 is 4.79 Å². The van der Waals surface area contributed by atoms with Crippen molar-refractivity contribution in [1.82, 2.24) is 4.90 Å². The maximum atomic E-state index is 15.0.